The lowest BCUT2D eigenvalue weighted by Crippen LogP contribution is -2.52. The topological polar surface area (TPSA) is 149 Å². The van der Waals surface area contributed by atoms with E-state index < -0.39 is 28.3 Å². The lowest BCUT2D eigenvalue weighted by Gasteiger charge is -2.36. The van der Waals surface area contributed by atoms with Gasteiger partial charge in [0.05, 0.1) is 47.6 Å². The van der Waals surface area contributed by atoms with Crippen LogP contribution in [0.15, 0.2) is 47.4 Å². The quantitative estimate of drug-likeness (QED) is 0.212. The zero-order valence-electron chi connectivity index (χ0n) is 28.5. The van der Waals surface area contributed by atoms with Gasteiger partial charge in [-0.25, -0.2) is 18.2 Å². The number of aromatic nitrogens is 1. The number of benzene rings is 2. The molecular weight excluding hydrogens is 681 g/mol. The molecule has 4 heterocycles. The van der Waals surface area contributed by atoms with E-state index in [-0.39, 0.29) is 60.0 Å². The Kier molecular flexibility index (Phi) is 9.22. The minimum absolute atomic E-state index is 0.0633. The third-order valence-corrected chi connectivity index (χ3v) is 13.9. The van der Waals surface area contributed by atoms with Crippen molar-refractivity contribution in [2.75, 3.05) is 38.7 Å². The fourth-order valence-electron chi connectivity index (χ4n) is 7.68. The highest BCUT2D eigenvalue weighted by atomic mass is 32.2. The van der Waals surface area contributed by atoms with Gasteiger partial charge in [-0.05, 0) is 86.3 Å². The van der Waals surface area contributed by atoms with Crippen LogP contribution >= 0.6 is 11.3 Å². The van der Waals surface area contributed by atoms with Gasteiger partial charge < -0.3 is 34.7 Å². The van der Waals surface area contributed by atoms with Crippen LogP contribution in [-0.4, -0.2) is 92.9 Å². The number of amides is 1. The third-order valence-electron chi connectivity index (χ3n) is 11.2. The van der Waals surface area contributed by atoms with Crippen LogP contribution in [-0.2, 0) is 30.7 Å². The normalized spacial score (nSPS) is 27.9. The SMILES string of the molecule is COc1ccc(C[C@H](NC(=O)OC2C3CCC4C(OC3)OCC42)[C@H](O)CN(CC2(C)CC2)S(=O)(=O)c2ccc3nc(NC4CC4)sc3c2)cc1. The van der Waals surface area contributed by atoms with Crippen molar-refractivity contribution in [3.63, 3.8) is 0 Å². The van der Waals surface area contributed by atoms with E-state index in [0.29, 0.717) is 25.0 Å². The highest BCUT2D eigenvalue weighted by Crippen LogP contribution is 2.47. The lowest BCUT2D eigenvalue weighted by atomic mass is 9.74. The van der Waals surface area contributed by atoms with Crippen molar-refractivity contribution in [2.24, 2.45) is 23.2 Å². The summed E-state index contributed by atoms with van der Waals surface area (Å²) in [4.78, 5) is 18.4. The predicted octanol–water partition coefficient (Wildman–Crippen LogP) is 4.77. The molecule has 3 saturated heterocycles. The first-order valence-corrected chi connectivity index (χ1v) is 20.0. The first-order valence-electron chi connectivity index (χ1n) is 17.8. The minimum Gasteiger partial charge on any atom is -0.497 e. The molecule has 50 heavy (non-hydrogen) atoms. The minimum atomic E-state index is -4.02. The largest absolute Gasteiger partial charge is 0.497 e. The number of hydrogen-bond acceptors (Lipinski definition) is 11. The number of nitrogens with zero attached hydrogens (tertiary/aromatic N) is 2. The number of carbonyl (C=O) groups is 1. The second kappa shape index (κ2) is 13.5. The van der Waals surface area contributed by atoms with Gasteiger partial charge in [0.25, 0.3) is 0 Å². The Labute approximate surface area is 296 Å². The molecule has 1 amide bonds. The lowest BCUT2D eigenvalue weighted by molar-refractivity contribution is -0.135. The van der Waals surface area contributed by atoms with Crippen LogP contribution in [0.1, 0.15) is 51.0 Å². The van der Waals surface area contributed by atoms with E-state index in [1.54, 1.807) is 25.3 Å². The summed E-state index contributed by atoms with van der Waals surface area (Å²) in [7, 11) is -2.43. The Balaban J connectivity index is 1.03. The van der Waals surface area contributed by atoms with Crippen molar-refractivity contribution in [2.45, 2.75) is 87.3 Å². The molecule has 5 unspecified atom stereocenters. The number of rotatable bonds is 14. The van der Waals surface area contributed by atoms with Gasteiger partial charge in [0.15, 0.2) is 11.4 Å². The van der Waals surface area contributed by atoms with Crippen molar-refractivity contribution >= 4 is 42.8 Å². The number of anilines is 1. The molecule has 9 rings (SSSR count). The first kappa shape index (κ1) is 34.1. The summed E-state index contributed by atoms with van der Waals surface area (Å²) in [6, 6.07) is 12.0. The average Bonchev–Trinajstić information content (AvgIpc) is 4.00. The number of methoxy groups -OCH3 is 1. The molecule has 3 saturated carbocycles. The van der Waals surface area contributed by atoms with Crippen LogP contribution in [0.4, 0.5) is 9.93 Å². The highest BCUT2D eigenvalue weighted by molar-refractivity contribution is 7.89. The molecule has 2 aromatic carbocycles. The van der Waals surface area contributed by atoms with E-state index in [4.69, 9.17) is 18.9 Å². The number of fused-ring (bicyclic) bond motifs is 3. The molecule has 270 valence electrons. The Bertz CT molecular complexity index is 1810. The number of nitrogens with one attached hydrogen (secondary N) is 2. The van der Waals surface area contributed by atoms with E-state index in [9.17, 15) is 18.3 Å². The number of hydrogen-bond donors (Lipinski definition) is 3. The van der Waals surface area contributed by atoms with Gasteiger partial charge in [-0.15, -0.1) is 0 Å². The Hall–Kier alpha value is -3.01. The molecule has 3 N–H and O–H groups in total. The predicted molar refractivity (Wildman–Crippen MR) is 188 cm³/mol. The fourth-order valence-corrected chi connectivity index (χ4v) is 10.4. The Morgan fingerprint density at radius 3 is 2.62 bits per heavy atom. The molecule has 14 heteroatoms. The molecule has 3 aromatic rings. The number of thiazole rings is 1. The fraction of sp³-hybridized carbons (Fsp3) is 0.611. The van der Waals surface area contributed by atoms with Gasteiger partial charge in [0.2, 0.25) is 10.0 Å². The van der Waals surface area contributed by atoms with E-state index in [0.717, 1.165) is 59.4 Å². The number of alkyl carbamates (subject to hydrolysis) is 1. The van der Waals surface area contributed by atoms with Crippen LogP contribution in [0, 0.1) is 23.2 Å². The van der Waals surface area contributed by atoms with Crippen molar-refractivity contribution in [3.05, 3.63) is 48.0 Å². The van der Waals surface area contributed by atoms with Crippen LogP contribution < -0.4 is 15.4 Å². The van der Waals surface area contributed by atoms with Crippen LogP contribution in [0.2, 0.25) is 0 Å². The Morgan fingerprint density at radius 2 is 1.88 bits per heavy atom. The average molecular weight is 727 g/mol. The van der Waals surface area contributed by atoms with Crippen molar-refractivity contribution in [3.8, 4) is 5.75 Å². The summed E-state index contributed by atoms with van der Waals surface area (Å²) in [6.07, 6.45) is 3.69. The maximum atomic E-state index is 14.4. The standard InChI is InChI=1S/C36H46N4O8S2/c1-36(13-14-36)20-40(50(43,44)25-10-12-28-31(16-25)49-34(38-28)37-23-6-7-23)17-30(41)29(15-21-3-8-24(45-2)9-4-21)39-35(42)48-32-22-5-11-26-27(32)19-47-33(26)46-18-22/h3-4,8-10,12,16,22-23,26-27,29-30,32-33,41H,5-7,11,13-15,17-20H2,1-2H3,(H,37,38)(H,39,42)/t22?,26?,27?,29-,30+,32?,33?/m0/s1. The van der Waals surface area contributed by atoms with Gasteiger partial charge in [0, 0.05) is 36.9 Å². The van der Waals surface area contributed by atoms with Crippen LogP contribution in [0.3, 0.4) is 0 Å². The summed E-state index contributed by atoms with van der Waals surface area (Å²) in [5.41, 5.74) is 1.41. The number of carbonyl (C=O) groups excluding carboxylic acids is 1. The van der Waals surface area contributed by atoms with Crippen molar-refractivity contribution in [1.82, 2.24) is 14.6 Å². The van der Waals surface area contributed by atoms with Crippen LogP contribution in [0.5, 0.6) is 5.75 Å². The summed E-state index contributed by atoms with van der Waals surface area (Å²) in [5.74, 6) is 1.02. The van der Waals surface area contributed by atoms with Gasteiger partial charge in [-0.3, -0.25) is 0 Å². The van der Waals surface area contributed by atoms with Gasteiger partial charge in [0.1, 0.15) is 11.9 Å². The smallest absolute Gasteiger partial charge is 0.407 e. The number of ether oxygens (including phenoxy) is 4. The third kappa shape index (κ3) is 7.20. The molecule has 6 aliphatic rings. The molecule has 6 fully saturated rings. The zero-order valence-corrected chi connectivity index (χ0v) is 30.1. The van der Waals surface area contributed by atoms with Crippen molar-refractivity contribution in [1.29, 1.82) is 0 Å². The van der Waals surface area contributed by atoms with Gasteiger partial charge in [-0.1, -0.05) is 30.4 Å². The van der Waals surface area contributed by atoms with Gasteiger partial charge in [-0.2, -0.15) is 4.31 Å². The van der Waals surface area contributed by atoms with E-state index in [1.807, 2.05) is 24.3 Å². The molecule has 4 bridgehead atoms. The summed E-state index contributed by atoms with van der Waals surface area (Å²) in [6.45, 7) is 3.09. The number of aliphatic hydroxyl groups excluding tert-OH is 1. The molecule has 0 spiro atoms. The van der Waals surface area contributed by atoms with Crippen LogP contribution in [0.25, 0.3) is 10.2 Å². The molecule has 3 aliphatic heterocycles. The van der Waals surface area contributed by atoms with Crippen molar-refractivity contribution < 1.29 is 37.3 Å². The Morgan fingerprint density at radius 1 is 1.10 bits per heavy atom. The van der Waals surface area contributed by atoms with Gasteiger partial charge >= 0.3 is 6.09 Å². The molecule has 1 aromatic heterocycles. The molecule has 3 aliphatic carbocycles. The van der Waals surface area contributed by atoms with E-state index in [2.05, 4.69) is 22.5 Å². The number of aliphatic hydroxyl groups is 1. The maximum Gasteiger partial charge on any atom is 0.407 e. The molecule has 0 radical (unpaired) electrons. The summed E-state index contributed by atoms with van der Waals surface area (Å²) < 4.78 is 54.1. The molecule has 12 nitrogen and oxygen atoms in total. The summed E-state index contributed by atoms with van der Waals surface area (Å²) in [5, 5.41) is 19.0. The zero-order chi connectivity index (χ0) is 34.6. The molecular formula is C36H46N4O8S2. The summed E-state index contributed by atoms with van der Waals surface area (Å²) >= 11 is 1.45. The van der Waals surface area contributed by atoms with E-state index in [1.165, 1.54) is 15.6 Å². The second-order valence-electron chi connectivity index (χ2n) is 15.1. The maximum absolute atomic E-state index is 14.4. The molecule has 7 atom stereocenters. The second-order valence-corrected chi connectivity index (χ2v) is 18.1. The highest BCUT2D eigenvalue weighted by Gasteiger charge is 2.53. The first-order chi connectivity index (χ1) is 24.1. The van der Waals surface area contributed by atoms with E-state index >= 15 is 0 Å². The monoisotopic (exact) mass is 726 g/mol. The number of sulfonamides is 1.